The van der Waals surface area contributed by atoms with Crippen LogP contribution in [0.4, 0.5) is 0 Å². The molecule has 0 aliphatic carbocycles. The van der Waals surface area contributed by atoms with Crippen LogP contribution in [0.5, 0.6) is 5.75 Å². The van der Waals surface area contributed by atoms with E-state index in [1.807, 2.05) is 26.8 Å². The molecule has 0 spiro atoms. The standard InChI is InChI=1S/C14H19N3O.C4H6/c1-5-9(3)13(15)17-14(16)11-7-8(2)6-10(4)12(11)18;1-3-4-2/h5-7,18H,1-4H3,(H3,15,16,17);3-4H,1-2H2/b9-5+;. The van der Waals surface area contributed by atoms with Gasteiger partial charge >= 0.3 is 0 Å². The maximum Gasteiger partial charge on any atom is 0.149 e. The number of hydrogen-bond acceptors (Lipinski definition) is 2. The van der Waals surface area contributed by atoms with E-state index >= 15 is 0 Å². The Hall–Kier alpha value is -2.62. The van der Waals surface area contributed by atoms with Crippen LogP contribution in [0.1, 0.15) is 30.5 Å². The second-order valence-corrected chi connectivity index (χ2v) is 4.77. The molecule has 0 amide bonds. The molecule has 1 aromatic rings. The van der Waals surface area contributed by atoms with Crippen molar-refractivity contribution in [1.29, 1.82) is 5.41 Å². The van der Waals surface area contributed by atoms with Crippen LogP contribution in [0, 0.1) is 19.3 Å². The molecule has 118 valence electrons. The third-order valence-electron chi connectivity index (χ3n) is 2.93. The molecule has 0 fully saturated rings. The fourth-order valence-electron chi connectivity index (χ4n) is 1.56. The lowest BCUT2D eigenvalue weighted by atomic mass is 10.0. The van der Waals surface area contributed by atoms with Crippen molar-refractivity contribution in [3.8, 4) is 5.75 Å². The summed E-state index contributed by atoms with van der Waals surface area (Å²) >= 11 is 0. The lowest BCUT2D eigenvalue weighted by molar-refractivity contribution is 0.469. The van der Waals surface area contributed by atoms with Gasteiger partial charge in [0.2, 0.25) is 0 Å². The van der Waals surface area contributed by atoms with Gasteiger partial charge in [-0.05, 0) is 50.5 Å². The first kappa shape index (κ1) is 19.4. The number of amidine groups is 2. The Labute approximate surface area is 132 Å². The Balaban J connectivity index is 0.000000980. The predicted molar refractivity (Wildman–Crippen MR) is 95.9 cm³/mol. The minimum Gasteiger partial charge on any atom is -0.507 e. The molecular formula is C18H25N3O. The second kappa shape index (κ2) is 9.34. The molecule has 0 unspecified atom stereocenters. The summed E-state index contributed by atoms with van der Waals surface area (Å²) in [6, 6.07) is 3.63. The maximum absolute atomic E-state index is 9.96. The number of nitrogens with one attached hydrogen (secondary N) is 1. The van der Waals surface area contributed by atoms with Crippen LogP contribution in [-0.2, 0) is 0 Å². The predicted octanol–water partition coefficient (Wildman–Crippen LogP) is 4.02. The molecule has 4 heteroatoms. The lowest BCUT2D eigenvalue weighted by Gasteiger charge is -2.09. The summed E-state index contributed by atoms with van der Waals surface area (Å²) in [4.78, 5) is 4.01. The van der Waals surface area contributed by atoms with Gasteiger partial charge in [-0.2, -0.15) is 0 Å². The maximum atomic E-state index is 9.96. The highest BCUT2D eigenvalue weighted by Gasteiger charge is 2.10. The van der Waals surface area contributed by atoms with E-state index < -0.39 is 0 Å². The summed E-state index contributed by atoms with van der Waals surface area (Å²) in [6.45, 7) is 14.1. The smallest absolute Gasteiger partial charge is 0.149 e. The monoisotopic (exact) mass is 299 g/mol. The number of allylic oxidation sites excluding steroid dienone is 3. The second-order valence-electron chi connectivity index (χ2n) is 4.77. The summed E-state index contributed by atoms with van der Waals surface area (Å²) in [5, 5.41) is 17.7. The van der Waals surface area contributed by atoms with Gasteiger partial charge in [-0.1, -0.05) is 37.5 Å². The number of nitrogens with two attached hydrogens (primary N) is 1. The van der Waals surface area contributed by atoms with E-state index in [2.05, 4.69) is 18.2 Å². The van der Waals surface area contributed by atoms with E-state index in [4.69, 9.17) is 11.1 Å². The number of aryl methyl sites for hydroxylation is 2. The topological polar surface area (TPSA) is 82.5 Å². The Kier molecular flexibility index (Phi) is 8.23. The number of hydrogen-bond donors (Lipinski definition) is 3. The van der Waals surface area contributed by atoms with E-state index in [1.54, 1.807) is 31.2 Å². The average molecular weight is 299 g/mol. The molecule has 0 atom stereocenters. The van der Waals surface area contributed by atoms with Gasteiger partial charge in [0.15, 0.2) is 0 Å². The van der Waals surface area contributed by atoms with E-state index in [-0.39, 0.29) is 17.4 Å². The van der Waals surface area contributed by atoms with Gasteiger partial charge < -0.3 is 10.8 Å². The van der Waals surface area contributed by atoms with Crippen LogP contribution < -0.4 is 5.73 Å². The molecule has 0 saturated carbocycles. The van der Waals surface area contributed by atoms with Crippen LogP contribution in [-0.4, -0.2) is 16.8 Å². The SMILES string of the molecule is C/C=C(\C)C(=N)N=C(N)c1cc(C)cc(C)c1O.C=CC=C. The zero-order chi connectivity index (χ0) is 17.3. The van der Waals surface area contributed by atoms with Gasteiger partial charge in [-0.25, -0.2) is 4.99 Å². The Morgan fingerprint density at radius 3 is 2.27 bits per heavy atom. The summed E-state index contributed by atoms with van der Waals surface area (Å²) < 4.78 is 0. The van der Waals surface area contributed by atoms with Gasteiger partial charge in [0, 0.05) is 0 Å². The van der Waals surface area contributed by atoms with Gasteiger partial charge in [0.1, 0.15) is 17.4 Å². The molecule has 0 aliphatic heterocycles. The highest BCUT2D eigenvalue weighted by atomic mass is 16.3. The van der Waals surface area contributed by atoms with Gasteiger partial charge in [0.05, 0.1) is 5.56 Å². The van der Waals surface area contributed by atoms with Crippen LogP contribution in [0.3, 0.4) is 0 Å². The summed E-state index contributed by atoms with van der Waals surface area (Å²) in [6.07, 6.45) is 5.07. The Morgan fingerprint density at radius 2 is 1.82 bits per heavy atom. The van der Waals surface area contributed by atoms with E-state index in [1.165, 1.54) is 0 Å². The number of phenolic OH excluding ortho intramolecular Hbond substituents is 1. The van der Waals surface area contributed by atoms with Crippen LogP contribution in [0.2, 0.25) is 0 Å². The Morgan fingerprint density at radius 1 is 1.27 bits per heavy atom. The summed E-state index contributed by atoms with van der Waals surface area (Å²) in [7, 11) is 0. The molecule has 0 aliphatic rings. The lowest BCUT2D eigenvalue weighted by Crippen LogP contribution is -2.16. The van der Waals surface area contributed by atoms with Crippen LogP contribution in [0.25, 0.3) is 0 Å². The zero-order valence-electron chi connectivity index (χ0n) is 13.8. The summed E-state index contributed by atoms with van der Waals surface area (Å²) in [5.74, 6) is 0.381. The quantitative estimate of drug-likeness (QED) is 0.447. The molecule has 0 saturated heterocycles. The number of benzene rings is 1. The van der Waals surface area contributed by atoms with Crippen molar-refractivity contribution in [2.75, 3.05) is 0 Å². The van der Waals surface area contributed by atoms with Crippen molar-refractivity contribution in [3.05, 3.63) is 65.8 Å². The summed E-state index contributed by atoms with van der Waals surface area (Å²) in [5.41, 5.74) is 8.80. The molecule has 0 radical (unpaired) electrons. The highest BCUT2D eigenvalue weighted by Crippen LogP contribution is 2.23. The van der Waals surface area contributed by atoms with Crippen molar-refractivity contribution >= 4 is 11.7 Å². The number of rotatable bonds is 3. The molecule has 4 N–H and O–H groups in total. The van der Waals surface area contributed by atoms with Crippen molar-refractivity contribution in [2.24, 2.45) is 10.7 Å². The van der Waals surface area contributed by atoms with Gasteiger partial charge in [0.25, 0.3) is 0 Å². The number of aliphatic imine (C=N–C) groups is 1. The normalized spacial score (nSPS) is 11.3. The van der Waals surface area contributed by atoms with Gasteiger partial charge in [-0.15, -0.1) is 0 Å². The third kappa shape index (κ3) is 5.79. The van der Waals surface area contributed by atoms with E-state index in [0.29, 0.717) is 5.56 Å². The number of phenols is 1. The molecule has 1 aromatic carbocycles. The van der Waals surface area contributed by atoms with Crippen molar-refractivity contribution in [3.63, 3.8) is 0 Å². The molecule has 0 heterocycles. The van der Waals surface area contributed by atoms with Gasteiger partial charge in [-0.3, -0.25) is 5.41 Å². The van der Waals surface area contributed by atoms with E-state index in [0.717, 1.165) is 16.7 Å². The first-order valence-corrected chi connectivity index (χ1v) is 6.88. The number of nitrogens with zero attached hydrogens (tertiary/aromatic N) is 1. The fraction of sp³-hybridized carbons (Fsp3) is 0.222. The molecule has 22 heavy (non-hydrogen) atoms. The van der Waals surface area contributed by atoms with Crippen molar-refractivity contribution in [1.82, 2.24) is 0 Å². The first-order valence-electron chi connectivity index (χ1n) is 6.88. The average Bonchev–Trinajstić information content (AvgIpc) is 2.49. The Bertz CT molecular complexity index is 619. The number of aromatic hydroxyl groups is 1. The van der Waals surface area contributed by atoms with Crippen molar-refractivity contribution in [2.45, 2.75) is 27.7 Å². The molecule has 0 bridgehead atoms. The third-order valence-corrected chi connectivity index (χ3v) is 2.93. The highest BCUT2D eigenvalue weighted by molar-refractivity contribution is 6.10. The molecule has 0 aromatic heterocycles. The largest absolute Gasteiger partial charge is 0.507 e. The zero-order valence-corrected chi connectivity index (χ0v) is 13.8. The molecule has 1 rings (SSSR count). The minimum atomic E-state index is 0.105. The van der Waals surface area contributed by atoms with Crippen LogP contribution in [0.15, 0.2) is 54.1 Å². The first-order chi connectivity index (χ1) is 10.3. The molecule has 4 nitrogen and oxygen atoms in total. The fourth-order valence-corrected chi connectivity index (χ4v) is 1.56. The van der Waals surface area contributed by atoms with E-state index in [9.17, 15) is 5.11 Å². The van der Waals surface area contributed by atoms with Crippen molar-refractivity contribution < 1.29 is 5.11 Å². The molecular weight excluding hydrogens is 274 g/mol. The van der Waals surface area contributed by atoms with Crippen LogP contribution >= 0.6 is 0 Å². The minimum absolute atomic E-state index is 0.105.